The van der Waals surface area contributed by atoms with Crippen LogP contribution in [-0.2, 0) is 4.79 Å². The standard InChI is InChI=1S/C9H14N2O2S.ClH/c12-8-6-14-9(13)11(8)5-7-2-1-3-10-4-7;/h7,10H,1-6H2;1H. The van der Waals surface area contributed by atoms with Crippen molar-refractivity contribution in [2.24, 2.45) is 5.92 Å². The molecule has 1 N–H and O–H groups in total. The molecule has 15 heavy (non-hydrogen) atoms. The maximum absolute atomic E-state index is 11.3. The van der Waals surface area contributed by atoms with Crippen molar-refractivity contribution < 1.29 is 9.59 Å². The number of carbonyl (C=O) groups is 2. The number of nitrogens with zero attached hydrogens (tertiary/aromatic N) is 1. The Morgan fingerprint density at radius 2 is 2.27 bits per heavy atom. The Balaban J connectivity index is 0.00000112. The summed E-state index contributed by atoms with van der Waals surface area (Å²) in [6.45, 7) is 2.60. The average molecular weight is 251 g/mol. The van der Waals surface area contributed by atoms with Gasteiger partial charge in [-0.3, -0.25) is 14.5 Å². The van der Waals surface area contributed by atoms with Crippen LogP contribution in [-0.4, -0.2) is 41.4 Å². The SMILES string of the molecule is Cl.O=C1CSC(=O)N1CC1CCCNC1. The van der Waals surface area contributed by atoms with E-state index in [0.29, 0.717) is 18.2 Å². The number of carbonyl (C=O) groups excluding carboxylic acids is 2. The second-order valence-electron chi connectivity index (χ2n) is 3.77. The number of hydrogen-bond donors (Lipinski definition) is 1. The van der Waals surface area contributed by atoms with Gasteiger partial charge in [-0.05, 0) is 31.8 Å². The van der Waals surface area contributed by atoms with Crippen LogP contribution in [0.4, 0.5) is 4.79 Å². The molecule has 2 heterocycles. The Labute approximate surface area is 99.6 Å². The summed E-state index contributed by atoms with van der Waals surface area (Å²) in [6, 6.07) is 0. The molecular formula is C9H15ClN2O2S. The van der Waals surface area contributed by atoms with Crippen molar-refractivity contribution in [3.63, 3.8) is 0 Å². The maximum Gasteiger partial charge on any atom is 0.288 e. The second-order valence-corrected chi connectivity index (χ2v) is 4.70. The van der Waals surface area contributed by atoms with Crippen molar-refractivity contribution >= 4 is 35.3 Å². The van der Waals surface area contributed by atoms with Gasteiger partial charge in [-0.2, -0.15) is 0 Å². The summed E-state index contributed by atoms with van der Waals surface area (Å²) >= 11 is 1.12. The van der Waals surface area contributed by atoms with Crippen molar-refractivity contribution in [2.45, 2.75) is 12.8 Å². The molecule has 0 aromatic heterocycles. The van der Waals surface area contributed by atoms with Crippen LogP contribution >= 0.6 is 24.2 Å². The van der Waals surface area contributed by atoms with Crippen molar-refractivity contribution in [2.75, 3.05) is 25.4 Å². The van der Waals surface area contributed by atoms with E-state index < -0.39 is 0 Å². The van der Waals surface area contributed by atoms with Crippen molar-refractivity contribution in [1.82, 2.24) is 10.2 Å². The summed E-state index contributed by atoms with van der Waals surface area (Å²) in [6.07, 6.45) is 2.27. The highest BCUT2D eigenvalue weighted by Crippen LogP contribution is 2.21. The molecule has 0 aliphatic carbocycles. The number of amides is 2. The normalized spacial score (nSPS) is 26.7. The molecule has 2 aliphatic heterocycles. The van der Waals surface area contributed by atoms with E-state index in [1.807, 2.05) is 0 Å². The van der Waals surface area contributed by atoms with E-state index in [1.165, 1.54) is 4.90 Å². The molecule has 0 aromatic rings. The summed E-state index contributed by atoms with van der Waals surface area (Å²) in [7, 11) is 0. The van der Waals surface area contributed by atoms with E-state index in [1.54, 1.807) is 0 Å². The molecule has 1 atom stereocenters. The van der Waals surface area contributed by atoms with Gasteiger partial charge in [0.05, 0.1) is 5.75 Å². The Morgan fingerprint density at radius 1 is 1.47 bits per heavy atom. The highest BCUT2D eigenvalue weighted by atomic mass is 35.5. The number of thioether (sulfide) groups is 1. The number of imide groups is 1. The lowest BCUT2D eigenvalue weighted by atomic mass is 9.99. The van der Waals surface area contributed by atoms with Crippen LogP contribution in [0.15, 0.2) is 0 Å². The van der Waals surface area contributed by atoms with Crippen LogP contribution in [0.2, 0.25) is 0 Å². The topological polar surface area (TPSA) is 49.4 Å². The Kier molecular flexibility index (Phi) is 4.89. The Hall–Kier alpha value is -0.260. The van der Waals surface area contributed by atoms with E-state index >= 15 is 0 Å². The van der Waals surface area contributed by atoms with Crippen LogP contribution in [0.5, 0.6) is 0 Å². The monoisotopic (exact) mass is 250 g/mol. The molecule has 0 radical (unpaired) electrons. The van der Waals surface area contributed by atoms with Gasteiger partial charge in [0.2, 0.25) is 5.91 Å². The zero-order valence-corrected chi connectivity index (χ0v) is 10.0. The second kappa shape index (κ2) is 5.72. The van der Waals surface area contributed by atoms with Gasteiger partial charge in [-0.1, -0.05) is 11.8 Å². The largest absolute Gasteiger partial charge is 0.316 e. The number of nitrogens with one attached hydrogen (secondary N) is 1. The lowest BCUT2D eigenvalue weighted by Crippen LogP contribution is -2.40. The quantitative estimate of drug-likeness (QED) is 0.798. The third kappa shape index (κ3) is 3.09. The van der Waals surface area contributed by atoms with Crippen molar-refractivity contribution in [1.29, 1.82) is 0 Å². The van der Waals surface area contributed by atoms with Crippen molar-refractivity contribution in [3.8, 4) is 0 Å². The van der Waals surface area contributed by atoms with E-state index in [-0.39, 0.29) is 23.6 Å². The fourth-order valence-corrected chi connectivity index (χ4v) is 2.63. The molecule has 2 rings (SSSR count). The lowest BCUT2D eigenvalue weighted by Gasteiger charge is -2.25. The predicted octanol–water partition coefficient (Wildman–Crippen LogP) is 1.10. The molecule has 2 fully saturated rings. The Morgan fingerprint density at radius 3 is 2.80 bits per heavy atom. The first-order valence-electron chi connectivity index (χ1n) is 4.95. The first-order valence-corrected chi connectivity index (χ1v) is 5.94. The molecule has 4 nitrogen and oxygen atoms in total. The van der Waals surface area contributed by atoms with E-state index in [2.05, 4.69) is 5.32 Å². The molecule has 6 heteroatoms. The molecule has 2 aliphatic rings. The molecule has 2 amide bonds. The minimum atomic E-state index is -0.0689. The van der Waals surface area contributed by atoms with Gasteiger partial charge in [-0.15, -0.1) is 12.4 Å². The summed E-state index contributed by atoms with van der Waals surface area (Å²) < 4.78 is 0. The predicted molar refractivity (Wildman–Crippen MR) is 62.4 cm³/mol. The molecule has 0 spiro atoms. The van der Waals surface area contributed by atoms with Gasteiger partial charge in [-0.25, -0.2) is 0 Å². The third-order valence-electron chi connectivity index (χ3n) is 2.68. The van der Waals surface area contributed by atoms with E-state index in [0.717, 1.165) is 37.7 Å². The molecule has 0 aromatic carbocycles. The minimum absolute atomic E-state index is 0. The summed E-state index contributed by atoms with van der Waals surface area (Å²) in [4.78, 5) is 24.0. The maximum atomic E-state index is 11.3. The lowest BCUT2D eigenvalue weighted by molar-refractivity contribution is -0.125. The van der Waals surface area contributed by atoms with Crippen molar-refractivity contribution in [3.05, 3.63) is 0 Å². The number of piperidine rings is 1. The van der Waals surface area contributed by atoms with Crippen LogP contribution in [0, 0.1) is 5.92 Å². The van der Waals surface area contributed by atoms with Gasteiger partial charge in [0, 0.05) is 6.54 Å². The zero-order chi connectivity index (χ0) is 9.97. The van der Waals surface area contributed by atoms with E-state index in [4.69, 9.17) is 0 Å². The molecular weight excluding hydrogens is 236 g/mol. The summed E-state index contributed by atoms with van der Waals surface area (Å²) in [5.74, 6) is 0.764. The van der Waals surface area contributed by atoms with Gasteiger partial charge in [0.25, 0.3) is 5.24 Å². The van der Waals surface area contributed by atoms with Gasteiger partial charge < -0.3 is 5.32 Å². The number of rotatable bonds is 2. The first kappa shape index (κ1) is 12.8. The molecule has 0 bridgehead atoms. The minimum Gasteiger partial charge on any atom is -0.316 e. The molecule has 2 saturated heterocycles. The van der Waals surface area contributed by atoms with Gasteiger partial charge >= 0.3 is 0 Å². The summed E-state index contributed by atoms with van der Waals surface area (Å²) in [5, 5.41) is 3.21. The third-order valence-corrected chi connectivity index (χ3v) is 3.54. The van der Waals surface area contributed by atoms with Gasteiger partial charge in [0.1, 0.15) is 0 Å². The first-order chi connectivity index (χ1) is 6.77. The van der Waals surface area contributed by atoms with Crippen LogP contribution in [0.3, 0.4) is 0 Å². The fourth-order valence-electron chi connectivity index (χ4n) is 1.90. The molecule has 1 unspecified atom stereocenters. The van der Waals surface area contributed by atoms with E-state index in [9.17, 15) is 9.59 Å². The highest BCUT2D eigenvalue weighted by molar-refractivity contribution is 8.14. The smallest absolute Gasteiger partial charge is 0.288 e. The summed E-state index contributed by atoms with van der Waals surface area (Å²) in [5.41, 5.74) is 0. The fraction of sp³-hybridized carbons (Fsp3) is 0.778. The van der Waals surface area contributed by atoms with Crippen LogP contribution < -0.4 is 5.32 Å². The Bertz CT molecular complexity index is 240. The number of halogens is 1. The average Bonchev–Trinajstić information content (AvgIpc) is 2.51. The number of hydrogen-bond acceptors (Lipinski definition) is 4. The zero-order valence-electron chi connectivity index (χ0n) is 8.40. The van der Waals surface area contributed by atoms with Gasteiger partial charge in [0.15, 0.2) is 0 Å². The molecule has 86 valence electrons. The highest BCUT2D eigenvalue weighted by Gasteiger charge is 2.31. The van der Waals surface area contributed by atoms with Crippen LogP contribution in [0.1, 0.15) is 12.8 Å². The molecule has 0 saturated carbocycles. The van der Waals surface area contributed by atoms with Crippen LogP contribution in [0.25, 0.3) is 0 Å².